The summed E-state index contributed by atoms with van der Waals surface area (Å²) in [5, 5.41) is 10.8. The number of fused-ring (bicyclic) bond motifs is 1. The minimum atomic E-state index is -0.604. The average Bonchev–Trinajstić information content (AvgIpc) is 2.91. The highest BCUT2D eigenvalue weighted by Crippen LogP contribution is 2.17. The molecule has 106 valence electrons. The maximum absolute atomic E-state index is 11.8. The largest absolute Gasteiger partial charge is 0.444 e. The number of hydrogen-bond acceptors (Lipinski definition) is 4. The number of carbonyl (C=O) groups excluding carboxylic acids is 1. The fraction of sp³-hybridized carbons (Fsp3) is 0.0714. The summed E-state index contributed by atoms with van der Waals surface area (Å²) in [5.41, 5.74) is 1.37. The molecule has 0 fully saturated rings. The summed E-state index contributed by atoms with van der Waals surface area (Å²) in [6.07, 6.45) is 1.10. The zero-order valence-corrected chi connectivity index (χ0v) is 11.6. The van der Waals surface area contributed by atoms with Gasteiger partial charge in [-0.3, -0.25) is 9.72 Å². The van der Waals surface area contributed by atoms with E-state index in [1.54, 1.807) is 22.7 Å². The minimum Gasteiger partial charge on any atom is -0.444 e. The molecule has 0 radical (unpaired) electrons. The van der Waals surface area contributed by atoms with E-state index in [2.05, 4.69) is 15.5 Å². The second-order valence-corrected chi connectivity index (χ2v) is 4.67. The van der Waals surface area contributed by atoms with Crippen LogP contribution < -0.4 is 5.32 Å². The van der Waals surface area contributed by atoms with Gasteiger partial charge in [0, 0.05) is 6.20 Å². The number of anilines is 1. The van der Waals surface area contributed by atoms with E-state index in [0.29, 0.717) is 10.7 Å². The van der Waals surface area contributed by atoms with Gasteiger partial charge in [0.05, 0.1) is 5.02 Å². The summed E-state index contributed by atoms with van der Waals surface area (Å²) in [6, 6.07) is 12.8. The molecule has 2 aromatic heterocycles. The second-order valence-electron chi connectivity index (χ2n) is 4.26. The predicted octanol–water partition coefficient (Wildman–Crippen LogP) is 3.13. The van der Waals surface area contributed by atoms with Crippen LogP contribution in [-0.4, -0.2) is 20.7 Å². The van der Waals surface area contributed by atoms with Gasteiger partial charge in [0.2, 0.25) is 5.95 Å². The summed E-state index contributed by atoms with van der Waals surface area (Å²) in [5.74, 6) is 0.255. The number of benzene rings is 1. The molecule has 3 rings (SSSR count). The summed E-state index contributed by atoms with van der Waals surface area (Å²) in [6.45, 7) is 0.185. The van der Waals surface area contributed by atoms with Crippen molar-refractivity contribution >= 4 is 29.3 Å². The third-order valence-electron chi connectivity index (χ3n) is 2.81. The maximum atomic E-state index is 11.8. The van der Waals surface area contributed by atoms with Crippen molar-refractivity contribution < 1.29 is 9.53 Å². The molecule has 0 aliphatic heterocycles. The number of amides is 1. The summed E-state index contributed by atoms with van der Waals surface area (Å²) in [7, 11) is 0. The van der Waals surface area contributed by atoms with Gasteiger partial charge in [-0.15, -0.1) is 10.2 Å². The van der Waals surface area contributed by atoms with E-state index >= 15 is 0 Å². The van der Waals surface area contributed by atoms with Crippen LogP contribution in [0.1, 0.15) is 5.56 Å². The summed E-state index contributed by atoms with van der Waals surface area (Å²) >= 11 is 5.98. The number of aromatic nitrogens is 3. The molecule has 0 aliphatic carbocycles. The van der Waals surface area contributed by atoms with Crippen LogP contribution in [0.15, 0.2) is 48.7 Å². The van der Waals surface area contributed by atoms with E-state index in [9.17, 15) is 4.79 Å². The van der Waals surface area contributed by atoms with Crippen LogP contribution in [0, 0.1) is 0 Å². The Kier molecular flexibility index (Phi) is 3.70. The van der Waals surface area contributed by atoms with E-state index in [-0.39, 0.29) is 12.6 Å². The fourth-order valence-corrected chi connectivity index (χ4v) is 2.02. The lowest BCUT2D eigenvalue weighted by molar-refractivity contribution is 0.155. The Morgan fingerprint density at radius 1 is 1.19 bits per heavy atom. The van der Waals surface area contributed by atoms with E-state index < -0.39 is 6.09 Å². The lowest BCUT2D eigenvalue weighted by atomic mass is 10.2. The monoisotopic (exact) mass is 302 g/mol. The zero-order chi connectivity index (χ0) is 14.7. The van der Waals surface area contributed by atoms with E-state index in [1.165, 1.54) is 0 Å². The smallest absolute Gasteiger partial charge is 0.414 e. The fourth-order valence-electron chi connectivity index (χ4n) is 1.82. The molecule has 0 saturated carbocycles. The molecular formula is C14H11ClN4O2. The first kappa shape index (κ1) is 13.4. The van der Waals surface area contributed by atoms with Crippen LogP contribution in [0.3, 0.4) is 0 Å². The Morgan fingerprint density at radius 2 is 2.00 bits per heavy atom. The molecule has 0 atom stereocenters. The standard InChI is InChI=1S/C14H11ClN4O2/c15-11-7-4-8-19-12(11)17-18-13(19)16-14(20)21-9-10-5-2-1-3-6-10/h1-8H,9H2,(H,16,18,20). The molecule has 2 heterocycles. The van der Waals surface area contributed by atoms with Gasteiger partial charge in [0.25, 0.3) is 0 Å². The molecule has 3 aromatic rings. The van der Waals surface area contributed by atoms with E-state index in [1.807, 2.05) is 30.3 Å². The third kappa shape index (κ3) is 2.95. The first-order valence-corrected chi connectivity index (χ1v) is 6.59. The Labute approximate surface area is 125 Å². The zero-order valence-electron chi connectivity index (χ0n) is 10.9. The normalized spacial score (nSPS) is 10.5. The molecule has 1 N–H and O–H groups in total. The number of halogens is 1. The SMILES string of the molecule is O=C(Nc1nnc2c(Cl)cccn12)OCc1ccccc1. The second kappa shape index (κ2) is 5.80. The van der Waals surface area contributed by atoms with Gasteiger partial charge < -0.3 is 4.74 Å². The molecule has 0 aliphatic rings. The van der Waals surface area contributed by atoms with Crippen molar-refractivity contribution in [1.29, 1.82) is 0 Å². The van der Waals surface area contributed by atoms with Gasteiger partial charge in [-0.2, -0.15) is 0 Å². The van der Waals surface area contributed by atoms with Crippen molar-refractivity contribution in [2.75, 3.05) is 5.32 Å². The number of ether oxygens (including phenoxy) is 1. The Bertz CT molecular complexity index is 773. The predicted molar refractivity (Wildman–Crippen MR) is 78.2 cm³/mol. The Morgan fingerprint density at radius 3 is 2.81 bits per heavy atom. The summed E-state index contributed by atoms with van der Waals surface area (Å²) in [4.78, 5) is 11.8. The molecule has 0 unspecified atom stereocenters. The van der Waals surface area contributed by atoms with Gasteiger partial charge >= 0.3 is 6.09 Å². The Hall–Kier alpha value is -2.60. The van der Waals surface area contributed by atoms with Crippen molar-refractivity contribution in [3.63, 3.8) is 0 Å². The van der Waals surface area contributed by atoms with Crippen LogP contribution >= 0.6 is 11.6 Å². The van der Waals surface area contributed by atoms with E-state index in [0.717, 1.165) is 5.56 Å². The van der Waals surface area contributed by atoms with Crippen LogP contribution in [-0.2, 0) is 11.3 Å². The molecule has 7 heteroatoms. The number of rotatable bonds is 3. The molecule has 1 aromatic carbocycles. The van der Waals surface area contributed by atoms with Crippen LogP contribution in [0.4, 0.5) is 10.7 Å². The number of carbonyl (C=O) groups is 1. The number of nitrogens with one attached hydrogen (secondary N) is 1. The van der Waals surface area contributed by atoms with E-state index in [4.69, 9.17) is 16.3 Å². The molecular weight excluding hydrogens is 292 g/mol. The van der Waals surface area contributed by atoms with Gasteiger partial charge in [-0.1, -0.05) is 41.9 Å². The first-order chi connectivity index (χ1) is 10.2. The van der Waals surface area contributed by atoms with Crippen LogP contribution in [0.5, 0.6) is 0 Å². The average molecular weight is 303 g/mol. The molecule has 6 nitrogen and oxygen atoms in total. The van der Waals surface area contributed by atoms with Crippen molar-refractivity contribution in [2.45, 2.75) is 6.61 Å². The number of nitrogens with zero attached hydrogens (tertiary/aromatic N) is 3. The molecule has 0 saturated heterocycles. The molecule has 0 bridgehead atoms. The van der Waals surface area contributed by atoms with Crippen molar-refractivity contribution in [1.82, 2.24) is 14.6 Å². The number of hydrogen-bond donors (Lipinski definition) is 1. The third-order valence-corrected chi connectivity index (χ3v) is 3.11. The quantitative estimate of drug-likeness (QED) is 0.807. The van der Waals surface area contributed by atoms with Crippen LogP contribution in [0.2, 0.25) is 5.02 Å². The molecule has 21 heavy (non-hydrogen) atoms. The van der Waals surface area contributed by atoms with Crippen molar-refractivity contribution in [3.8, 4) is 0 Å². The van der Waals surface area contributed by atoms with Crippen molar-refractivity contribution in [2.24, 2.45) is 0 Å². The first-order valence-electron chi connectivity index (χ1n) is 6.21. The van der Waals surface area contributed by atoms with Gasteiger partial charge in [-0.25, -0.2) is 4.79 Å². The summed E-state index contributed by atoms with van der Waals surface area (Å²) < 4.78 is 6.69. The van der Waals surface area contributed by atoms with Crippen molar-refractivity contribution in [3.05, 3.63) is 59.2 Å². The Balaban J connectivity index is 1.68. The minimum absolute atomic E-state index is 0.185. The lowest BCUT2D eigenvalue weighted by Gasteiger charge is -2.05. The van der Waals surface area contributed by atoms with Gasteiger partial charge in [-0.05, 0) is 17.7 Å². The van der Waals surface area contributed by atoms with Gasteiger partial charge in [0.15, 0.2) is 5.65 Å². The highest BCUT2D eigenvalue weighted by atomic mass is 35.5. The van der Waals surface area contributed by atoms with Crippen LogP contribution in [0.25, 0.3) is 5.65 Å². The lowest BCUT2D eigenvalue weighted by Crippen LogP contribution is -2.15. The molecule has 0 spiro atoms. The highest BCUT2D eigenvalue weighted by molar-refractivity contribution is 6.33. The topological polar surface area (TPSA) is 68.5 Å². The molecule has 1 amide bonds. The number of pyridine rings is 1. The highest BCUT2D eigenvalue weighted by Gasteiger charge is 2.11. The maximum Gasteiger partial charge on any atom is 0.414 e. The van der Waals surface area contributed by atoms with Gasteiger partial charge in [0.1, 0.15) is 6.61 Å².